The summed E-state index contributed by atoms with van der Waals surface area (Å²) in [6.07, 6.45) is 5.31. The van der Waals surface area contributed by atoms with Crippen LogP contribution in [0.15, 0.2) is 12.3 Å². The molecule has 0 bridgehead atoms. The fourth-order valence-electron chi connectivity index (χ4n) is 1.85. The molecule has 1 heterocycles. The van der Waals surface area contributed by atoms with Crippen molar-refractivity contribution in [2.75, 3.05) is 11.9 Å². The van der Waals surface area contributed by atoms with Gasteiger partial charge in [-0.2, -0.15) is 0 Å². The molecule has 0 saturated heterocycles. The molecule has 0 aromatic carbocycles. The number of pyridine rings is 1. The van der Waals surface area contributed by atoms with E-state index in [1.54, 1.807) is 19.2 Å². The number of aromatic nitrogens is 1. The van der Waals surface area contributed by atoms with Crippen molar-refractivity contribution in [2.45, 2.75) is 26.2 Å². The maximum Gasteiger partial charge on any atom is 0.314 e. The summed E-state index contributed by atoms with van der Waals surface area (Å²) in [6, 6.07) is 1.66. The zero-order valence-electron chi connectivity index (χ0n) is 9.27. The lowest BCUT2D eigenvalue weighted by molar-refractivity contribution is -0.384. The Hall–Kier alpha value is -1.65. The molecule has 0 radical (unpaired) electrons. The van der Waals surface area contributed by atoms with E-state index in [1.807, 2.05) is 0 Å². The second-order valence-corrected chi connectivity index (χ2v) is 4.26. The Balaban J connectivity index is 2.12. The largest absolute Gasteiger partial charge is 0.364 e. The van der Waals surface area contributed by atoms with Crippen molar-refractivity contribution in [3.05, 3.63) is 27.9 Å². The SMILES string of the molecule is Cc1ccnc(NCC2CCC2)c1[N+](=O)[O-]. The standard InChI is InChI=1S/C11H15N3O2/c1-8-5-6-12-11(10(8)14(15)16)13-7-9-3-2-4-9/h5-6,9H,2-4,7H2,1H3,(H,12,13). The maximum atomic E-state index is 10.9. The average molecular weight is 221 g/mol. The van der Waals surface area contributed by atoms with Crippen molar-refractivity contribution in [1.29, 1.82) is 0 Å². The Labute approximate surface area is 94.0 Å². The predicted octanol–water partition coefficient (Wildman–Crippen LogP) is 2.51. The first-order chi connectivity index (χ1) is 7.68. The molecule has 86 valence electrons. The highest BCUT2D eigenvalue weighted by molar-refractivity contribution is 5.59. The maximum absolute atomic E-state index is 10.9. The Kier molecular flexibility index (Phi) is 3.03. The van der Waals surface area contributed by atoms with Crippen LogP contribution in [0.5, 0.6) is 0 Å². The molecule has 1 fully saturated rings. The molecule has 0 amide bonds. The van der Waals surface area contributed by atoms with Gasteiger partial charge in [-0.05, 0) is 31.7 Å². The summed E-state index contributed by atoms with van der Waals surface area (Å²) in [4.78, 5) is 14.6. The van der Waals surface area contributed by atoms with Crippen molar-refractivity contribution in [3.63, 3.8) is 0 Å². The van der Waals surface area contributed by atoms with Crippen molar-refractivity contribution >= 4 is 11.5 Å². The Morgan fingerprint density at radius 1 is 1.62 bits per heavy atom. The van der Waals surface area contributed by atoms with Crippen LogP contribution in [0.3, 0.4) is 0 Å². The molecule has 0 aliphatic heterocycles. The lowest BCUT2D eigenvalue weighted by Gasteiger charge is -2.25. The van der Waals surface area contributed by atoms with Gasteiger partial charge < -0.3 is 5.32 Å². The van der Waals surface area contributed by atoms with Gasteiger partial charge in [-0.1, -0.05) is 6.42 Å². The summed E-state index contributed by atoms with van der Waals surface area (Å²) in [5.74, 6) is 1.05. The second-order valence-electron chi connectivity index (χ2n) is 4.26. The van der Waals surface area contributed by atoms with Gasteiger partial charge in [-0.25, -0.2) is 4.98 Å². The smallest absolute Gasteiger partial charge is 0.314 e. The normalized spacial score (nSPS) is 15.6. The lowest BCUT2D eigenvalue weighted by Crippen LogP contribution is -2.21. The van der Waals surface area contributed by atoms with Gasteiger partial charge in [0, 0.05) is 18.3 Å². The Morgan fingerprint density at radius 2 is 2.38 bits per heavy atom. The minimum absolute atomic E-state index is 0.0989. The Bertz CT molecular complexity index is 402. The van der Waals surface area contributed by atoms with Crippen LogP contribution in [0.4, 0.5) is 11.5 Å². The highest BCUT2D eigenvalue weighted by Crippen LogP contribution is 2.29. The molecule has 1 saturated carbocycles. The first-order valence-electron chi connectivity index (χ1n) is 5.52. The highest BCUT2D eigenvalue weighted by Gasteiger charge is 2.21. The third-order valence-corrected chi connectivity index (χ3v) is 3.09. The van der Waals surface area contributed by atoms with Crippen molar-refractivity contribution < 1.29 is 4.92 Å². The summed E-state index contributed by atoms with van der Waals surface area (Å²) in [5, 5.41) is 14.0. The van der Waals surface area contributed by atoms with E-state index in [1.165, 1.54) is 19.3 Å². The van der Waals surface area contributed by atoms with E-state index in [9.17, 15) is 10.1 Å². The number of hydrogen-bond acceptors (Lipinski definition) is 4. The number of rotatable bonds is 4. The molecule has 1 aromatic rings. The molecule has 16 heavy (non-hydrogen) atoms. The summed E-state index contributed by atoms with van der Waals surface area (Å²) in [7, 11) is 0. The van der Waals surface area contributed by atoms with E-state index >= 15 is 0 Å². The molecule has 0 unspecified atom stereocenters. The minimum atomic E-state index is -0.370. The zero-order valence-corrected chi connectivity index (χ0v) is 9.27. The van der Waals surface area contributed by atoms with Crippen LogP contribution in [0, 0.1) is 23.0 Å². The van der Waals surface area contributed by atoms with Crippen molar-refractivity contribution in [3.8, 4) is 0 Å². The lowest BCUT2D eigenvalue weighted by atomic mass is 9.85. The van der Waals surface area contributed by atoms with Crippen molar-refractivity contribution in [2.24, 2.45) is 5.92 Å². The number of nitrogens with one attached hydrogen (secondary N) is 1. The fourth-order valence-corrected chi connectivity index (χ4v) is 1.85. The molecule has 1 aromatic heterocycles. The van der Waals surface area contributed by atoms with Crippen LogP contribution in [0.2, 0.25) is 0 Å². The molecular formula is C11H15N3O2. The third kappa shape index (κ3) is 2.13. The minimum Gasteiger partial charge on any atom is -0.364 e. The fraction of sp³-hybridized carbons (Fsp3) is 0.545. The number of aryl methyl sites for hydroxylation is 1. The van der Waals surface area contributed by atoms with E-state index in [2.05, 4.69) is 10.3 Å². The van der Waals surface area contributed by atoms with Gasteiger partial charge in [0.1, 0.15) is 0 Å². The van der Waals surface area contributed by atoms with E-state index in [4.69, 9.17) is 0 Å². The highest BCUT2D eigenvalue weighted by atomic mass is 16.6. The summed E-state index contributed by atoms with van der Waals surface area (Å²) >= 11 is 0. The monoisotopic (exact) mass is 221 g/mol. The quantitative estimate of drug-likeness (QED) is 0.626. The van der Waals surface area contributed by atoms with Crippen LogP contribution >= 0.6 is 0 Å². The number of anilines is 1. The van der Waals surface area contributed by atoms with Crippen LogP contribution in [0.1, 0.15) is 24.8 Å². The number of hydrogen-bond donors (Lipinski definition) is 1. The van der Waals surface area contributed by atoms with E-state index in [0.29, 0.717) is 17.3 Å². The molecule has 1 N–H and O–H groups in total. The first kappa shape index (κ1) is 10.9. The summed E-state index contributed by atoms with van der Waals surface area (Å²) in [6.45, 7) is 2.52. The van der Waals surface area contributed by atoms with Crippen LogP contribution in [0.25, 0.3) is 0 Å². The summed E-state index contributed by atoms with van der Waals surface area (Å²) < 4.78 is 0. The van der Waals surface area contributed by atoms with Gasteiger partial charge in [0.05, 0.1) is 4.92 Å². The number of nitro groups is 1. The van der Waals surface area contributed by atoms with E-state index < -0.39 is 0 Å². The molecule has 0 atom stereocenters. The van der Waals surface area contributed by atoms with E-state index in [0.717, 1.165) is 6.54 Å². The van der Waals surface area contributed by atoms with Gasteiger partial charge in [-0.15, -0.1) is 0 Å². The third-order valence-electron chi connectivity index (χ3n) is 3.09. The molecule has 5 nitrogen and oxygen atoms in total. The molecule has 2 rings (SSSR count). The van der Waals surface area contributed by atoms with Gasteiger partial charge in [0.25, 0.3) is 0 Å². The van der Waals surface area contributed by atoms with Crippen LogP contribution in [-0.4, -0.2) is 16.5 Å². The Morgan fingerprint density at radius 3 is 2.94 bits per heavy atom. The predicted molar refractivity (Wildman–Crippen MR) is 61.5 cm³/mol. The average Bonchev–Trinajstić information content (AvgIpc) is 2.14. The molecule has 5 heteroatoms. The van der Waals surface area contributed by atoms with Gasteiger partial charge in [-0.3, -0.25) is 10.1 Å². The molecular weight excluding hydrogens is 206 g/mol. The number of nitrogens with zero attached hydrogens (tertiary/aromatic N) is 2. The molecule has 0 spiro atoms. The van der Waals surface area contributed by atoms with Gasteiger partial charge in [0.15, 0.2) is 0 Å². The van der Waals surface area contributed by atoms with Gasteiger partial charge >= 0.3 is 5.69 Å². The van der Waals surface area contributed by atoms with Gasteiger partial charge in [0.2, 0.25) is 5.82 Å². The molecule has 1 aliphatic rings. The second kappa shape index (κ2) is 4.47. The summed E-state index contributed by atoms with van der Waals surface area (Å²) in [5.41, 5.74) is 0.748. The van der Waals surface area contributed by atoms with Crippen LogP contribution < -0.4 is 5.32 Å². The zero-order chi connectivity index (χ0) is 11.5. The van der Waals surface area contributed by atoms with E-state index in [-0.39, 0.29) is 10.6 Å². The topological polar surface area (TPSA) is 68.1 Å². The first-order valence-corrected chi connectivity index (χ1v) is 5.52. The van der Waals surface area contributed by atoms with Crippen LogP contribution in [-0.2, 0) is 0 Å². The van der Waals surface area contributed by atoms with Crippen molar-refractivity contribution in [1.82, 2.24) is 4.98 Å². The molecule has 1 aliphatic carbocycles.